The molecule has 1 saturated heterocycles. The Morgan fingerprint density at radius 3 is 2.29 bits per heavy atom. The minimum Gasteiger partial charge on any atom is -0.550 e. The fourth-order valence-corrected chi connectivity index (χ4v) is 3.18. The summed E-state index contributed by atoms with van der Waals surface area (Å²) in [5, 5.41) is 21.6. The van der Waals surface area contributed by atoms with Gasteiger partial charge in [-0.3, -0.25) is 9.59 Å². The molecule has 1 fully saturated rings. The number of benzene rings is 2. The number of aliphatic carboxylic acids is 1. The van der Waals surface area contributed by atoms with Crippen LogP contribution in [0.2, 0.25) is 0 Å². The van der Waals surface area contributed by atoms with Crippen molar-refractivity contribution in [2.75, 3.05) is 6.54 Å². The van der Waals surface area contributed by atoms with Crippen LogP contribution in [0.15, 0.2) is 54.1 Å². The van der Waals surface area contributed by atoms with Crippen molar-refractivity contribution in [1.82, 2.24) is 4.90 Å². The number of rotatable bonds is 5. The molecule has 2 aromatic rings. The van der Waals surface area contributed by atoms with Crippen LogP contribution in [0.3, 0.4) is 0 Å². The minimum absolute atomic E-state index is 0.168. The first-order chi connectivity index (χ1) is 13.3. The summed E-state index contributed by atoms with van der Waals surface area (Å²) in [4.78, 5) is 37.1. The molecule has 144 valence electrons. The molecule has 0 radical (unpaired) electrons. The van der Waals surface area contributed by atoms with E-state index in [1.54, 1.807) is 24.3 Å². The van der Waals surface area contributed by atoms with Crippen LogP contribution in [0.1, 0.15) is 29.2 Å². The van der Waals surface area contributed by atoms with E-state index in [1.165, 1.54) is 24.3 Å². The summed E-state index contributed by atoms with van der Waals surface area (Å²) in [6, 6.07) is 10.8. The fourth-order valence-electron chi connectivity index (χ4n) is 3.18. The van der Waals surface area contributed by atoms with Crippen LogP contribution in [0, 0.1) is 12.7 Å². The second-order valence-electron chi connectivity index (χ2n) is 6.53. The Bertz CT molecular complexity index is 963. The molecule has 6 nitrogen and oxygen atoms in total. The molecule has 0 aliphatic carbocycles. The van der Waals surface area contributed by atoms with Crippen LogP contribution in [-0.2, 0) is 14.4 Å². The van der Waals surface area contributed by atoms with Gasteiger partial charge in [-0.25, -0.2) is 4.39 Å². The van der Waals surface area contributed by atoms with Gasteiger partial charge in [0, 0.05) is 24.5 Å². The van der Waals surface area contributed by atoms with Gasteiger partial charge in [-0.15, -0.1) is 0 Å². The number of nitrogens with zero attached hydrogens (tertiary/aromatic N) is 1. The summed E-state index contributed by atoms with van der Waals surface area (Å²) < 4.78 is 13.3. The zero-order chi connectivity index (χ0) is 20.4. The summed E-state index contributed by atoms with van der Waals surface area (Å²) in [7, 11) is 0. The molecule has 0 unspecified atom stereocenters. The van der Waals surface area contributed by atoms with Crippen LogP contribution in [0.5, 0.6) is 0 Å². The molecule has 2 aromatic carbocycles. The number of carbonyl (C=O) groups is 3. The van der Waals surface area contributed by atoms with Gasteiger partial charge < -0.3 is 19.9 Å². The third-order valence-corrected chi connectivity index (χ3v) is 4.61. The highest BCUT2D eigenvalue weighted by Gasteiger charge is 2.45. The number of likely N-dealkylation sites (tertiary alicyclic amines) is 1. The average molecular weight is 382 g/mol. The zero-order valence-corrected chi connectivity index (χ0v) is 15.0. The Balaban J connectivity index is 2.14. The third-order valence-electron chi connectivity index (χ3n) is 4.61. The monoisotopic (exact) mass is 382 g/mol. The number of aliphatic hydroxyl groups is 1. The predicted octanol–water partition coefficient (Wildman–Crippen LogP) is 1.70. The normalized spacial score (nSPS) is 18.5. The number of amides is 1. The quantitative estimate of drug-likeness (QED) is 0.482. The van der Waals surface area contributed by atoms with Crippen molar-refractivity contribution in [2.45, 2.75) is 19.4 Å². The molecule has 0 aromatic heterocycles. The van der Waals surface area contributed by atoms with Crippen molar-refractivity contribution in [3.05, 3.63) is 76.6 Å². The maximum atomic E-state index is 13.3. The van der Waals surface area contributed by atoms with Crippen LogP contribution >= 0.6 is 0 Å². The van der Waals surface area contributed by atoms with Crippen LogP contribution in [0.25, 0.3) is 5.76 Å². The molecule has 1 aliphatic rings. The van der Waals surface area contributed by atoms with Gasteiger partial charge in [0.05, 0.1) is 11.6 Å². The maximum absolute atomic E-state index is 13.3. The van der Waals surface area contributed by atoms with E-state index >= 15 is 0 Å². The number of carboxylic acid groups (broad SMARTS) is 1. The summed E-state index contributed by atoms with van der Waals surface area (Å²) in [5.74, 6) is -4.11. The van der Waals surface area contributed by atoms with E-state index in [0.717, 1.165) is 10.5 Å². The first kappa shape index (κ1) is 19.3. The van der Waals surface area contributed by atoms with Gasteiger partial charge in [0.1, 0.15) is 11.6 Å². The highest BCUT2D eigenvalue weighted by molar-refractivity contribution is 6.46. The summed E-state index contributed by atoms with van der Waals surface area (Å²) in [5.41, 5.74) is 1.50. The lowest BCUT2D eigenvalue weighted by atomic mass is 9.95. The van der Waals surface area contributed by atoms with E-state index in [0.29, 0.717) is 11.1 Å². The number of carboxylic acids is 1. The van der Waals surface area contributed by atoms with Gasteiger partial charge in [-0.05, 0) is 24.6 Å². The van der Waals surface area contributed by atoms with Crippen LogP contribution < -0.4 is 5.11 Å². The highest BCUT2D eigenvalue weighted by atomic mass is 19.1. The Hall–Kier alpha value is -3.48. The second-order valence-corrected chi connectivity index (χ2v) is 6.53. The molecule has 0 bridgehead atoms. The molecular weight excluding hydrogens is 365 g/mol. The number of ketones is 1. The van der Waals surface area contributed by atoms with Gasteiger partial charge in [0.25, 0.3) is 11.7 Å². The van der Waals surface area contributed by atoms with Crippen molar-refractivity contribution < 1.29 is 29.0 Å². The van der Waals surface area contributed by atoms with Gasteiger partial charge in [-0.1, -0.05) is 42.0 Å². The number of halogens is 1. The van der Waals surface area contributed by atoms with Crippen molar-refractivity contribution in [1.29, 1.82) is 0 Å². The maximum Gasteiger partial charge on any atom is 0.295 e. The van der Waals surface area contributed by atoms with E-state index in [-0.39, 0.29) is 17.9 Å². The van der Waals surface area contributed by atoms with Crippen molar-refractivity contribution in [3.8, 4) is 0 Å². The number of carbonyl (C=O) groups excluding carboxylic acids is 3. The van der Waals surface area contributed by atoms with E-state index in [2.05, 4.69) is 0 Å². The van der Waals surface area contributed by atoms with E-state index in [9.17, 15) is 29.0 Å². The largest absolute Gasteiger partial charge is 0.550 e. The highest BCUT2D eigenvalue weighted by Crippen LogP contribution is 2.39. The second kappa shape index (κ2) is 7.64. The third kappa shape index (κ3) is 3.64. The molecule has 1 N–H and O–H groups in total. The SMILES string of the molecule is Cc1ccc(C(O)=C2C(=O)C(=O)N(CCC(=O)[O-])[C@H]2c2ccc(F)cc2)cc1. The molecule has 1 amide bonds. The van der Waals surface area contributed by atoms with Gasteiger partial charge in [0.15, 0.2) is 0 Å². The minimum atomic E-state index is -1.38. The van der Waals surface area contributed by atoms with Gasteiger partial charge in [-0.2, -0.15) is 0 Å². The van der Waals surface area contributed by atoms with Crippen LogP contribution in [0.4, 0.5) is 4.39 Å². The first-order valence-electron chi connectivity index (χ1n) is 8.60. The molecule has 0 saturated carbocycles. The first-order valence-corrected chi connectivity index (χ1v) is 8.60. The number of hydrogen-bond donors (Lipinski definition) is 1. The lowest BCUT2D eigenvalue weighted by molar-refractivity contribution is -0.305. The molecule has 1 heterocycles. The number of aliphatic hydroxyl groups excluding tert-OH is 1. The number of hydrogen-bond acceptors (Lipinski definition) is 5. The van der Waals surface area contributed by atoms with Crippen molar-refractivity contribution in [2.24, 2.45) is 0 Å². The molecule has 1 aliphatic heterocycles. The number of aryl methyl sites for hydroxylation is 1. The average Bonchev–Trinajstić information content (AvgIpc) is 2.91. The molecule has 1 atom stereocenters. The molecule has 0 spiro atoms. The fraction of sp³-hybridized carbons (Fsp3) is 0.190. The van der Waals surface area contributed by atoms with Crippen LogP contribution in [-0.4, -0.2) is 34.2 Å². The smallest absolute Gasteiger partial charge is 0.295 e. The van der Waals surface area contributed by atoms with Gasteiger partial charge >= 0.3 is 0 Å². The van der Waals surface area contributed by atoms with E-state index in [4.69, 9.17) is 0 Å². The Morgan fingerprint density at radius 2 is 1.71 bits per heavy atom. The van der Waals surface area contributed by atoms with Crippen molar-refractivity contribution >= 4 is 23.4 Å². The Kier molecular flexibility index (Phi) is 5.26. The lowest BCUT2D eigenvalue weighted by Crippen LogP contribution is -2.34. The topological polar surface area (TPSA) is 97.7 Å². The molecule has 7 heteroatoms. The predicted molar refractivity (Wildman–Crippen MR) is 96.2 cm³/mol. The Morgan fingerprint density at radius 1 is 1.11 bits per heavy atom. The molecule has 3 rings (SSSR count). The Labute approximate surface area is 160 Å². The molecular formula is C21H17FNO5-. The van der Waals surface area contributed by atoms with E-state index in [1.807, 2.05) is 6.92 Å². The standard InChI is InChI=1S/C21H18FNO5/c1-12-2-4-14(5-3-12)19(26)17-18(13-6-8-15(22)9-7-13)23(11-10-16(24)25)21(28)20(17)27/h2-9,18,26H,10-11H2,1H3,(H,24,25)/p-1/t18-/m0/s1. The number of Topliss-reactive ketones (excluding diaryl/α,β-unsaturated/α-hetero) is 1. The molecule has 28 heavy (non-hydrogen) atoms. The van der Waals surface area contributed by atoms with E-state index < -0.39 is 35.9 Å². The summed E-state index contributed by atoms with van der Waals surface area (Å²) >= 11 is 0. The summed E-state index contributed by atoms with van der Waals surface area (Å²) in [6.07, 6.45) is -0.477. The summed E-state index contributed by atoms with van der Waals surface area (Å²) in [6.45, 7) is 1.58. The van der Waals surface area contributed by atoms with Crippen molar-refractivity contribution in [3.63, 3.8) is 0 Å². The van der Waals surface area contributed by atoms with Gasteiger partial charge in [0.2, 0.25) is 0 Å². The zero-order valence-electron chi connectivity index (χ0n) is 15.0. The lowest BCUT2D eigenvalue weighted by Gasteiger charge is -2.25.